The Hall–Kier alpha value is -1.18. The zero-order chi connectivity index (χ0) is 11.3. The number of carboxylic acid groups (broad SMARTS) is 1. The monoisotopic (exact) mass is 218 g/mol. The molecule has 0 radical (unpaired) electrons. The van der Waals surface area contributed by atoms with Crippen molar-refractivity contribution in [2.45, 2.75) is 25.0 Å². The van der Waals surface area contributed by atoms with Crippen LogP contribution in [0, 0.1) is 0 Å². The number of carboxylic acids is 1. The van der Waals surface area contributed by atoms with Crippen LogP contribution in [0.3, 0.4) is 0 Å². The Morgan fingerprint density at radius 2 is 2.27 bits per heavy atom. The first-order valence-corrected chi connectivity index (χ1v) is 4.61. The second-order valence-corrected chi connectivity index (χ2v) is 3.27. The molecule has 1 aliphatic rings. The fourth-order valence-corrected chi connectivity index (χ4v) is 1.31. The molecule has 0 spiro atoms. The van der Waals surface area contributed by atoms with Gasteiger partial charge in [-0.15, -0.1) is 0 Å². The summed E-state index contributed by atoms with van der Waals surface area (Å²) in [6.45, 7) is 0.131. The van der Waals surface area contributed by atoms with Crippen molar-refractivity contribution >= 4 is 11.9 Å². The number of hydroxylamine groups is 1. The van der Waals surface area contributed by atoms with Crippen LogP contribution in [0.25, 0.3) is 0 Å². The molecule has 0 aromatic rings. The number of primary amides is 1. The van der Waals surface area contributed by atoms with Crippen LogP contribution in [0.1, 0.15) is 12.8 Å². The standard InChI is InChI=1S/C8H14N2O5/c9-7(11)4-14-10-3-5-1-2-6(15-5)8(12)13/h5-6,10H,1-4H2,(H2,9,11)(H,12,13). The topological polar surface area (TPSA) is 111 Å². The van der Waals surface area contributed by atoms with Crippen molar-refractivity contribution in [1.82, 2.24) is 5.48 Å². The number of carbonyl (C=O) groups is 2. The molecule has 86 valence electrons. The first-order valence-electron chi connectivity index (χ1n) is 4.61. The van der Waals surface area contributed by atoms with Crippen molar-refractivity contribution < 1.29 is 24.3 Å². The second-order valence-electron chi connectivity index (χ2n) is 3.27. The van der Waals surface area contributed by atoms with E-state index in [9.17, 15) is 9.59 Å². The highest BCUT2D eigenvalue weighted by Gasteiger charge is 2.30. The molecule has 0 aliphatic carbocycles. The van der Waals surface area contributed by atoms with Gasteiger partial charge in [0, 0.05) is 6.54 Å². The first kappa shape index (κ1) is 11.9. The van der Waals surface area contributed by atoms with E-state index in [2.05, 4.69) is 5.48 Å². The van der Waals surface area contributed by atoms with Crippen LogP contribution in [0.2, 0.25) is 0 Å². The van der Waals surface area contributed by atoms with E-state index in [1.807, 2.05) is 0 Å². The molecule has 1 aliphatic heterocycles. The Morgan fingerprint density at radius 1 is 1.53 bits per heavy atom. The Labute approximate surface area is 86.5 Å². The quantitative estimate of drug-likeness (QED) is 0.374. The highest BCUT2D eigenvalue weighted by atomic mass is 16.6. The lowest BCUT2D eigenvalue weighted by atomic mass is 10.2. The molecule has 2 unspecified atom stereocenters. The number of nitrogens with two attached hydrogens (primary N) is 1. The van der Waals surface area contributed by atoms with E-state index in [1.165, 1.54) is 0 Å². The number of aliphatic carboxylic acids is 1. The lowest BCUT2D eigenvalue weighted by Gasteiger charge is -2.11. The van der Waals surface area contributed by atoms with Crippen molar-refractivity contribution in [1.29, 1.82) is 0 Å². The molecular weight excluding hydrogens is 204 g/mol. The zero-order valence-electron chi connectivity index (χ0n) is 8.14. The third-order valence-corrected chi connectivity index (χ3v) is 2.01. The van der Waals surface area contributed by atoms with E-state index in [-0.39, 0.29) is 12.7 Å². The summed E-state index contributed by atoms with van der Waals surface area (Å²) >= 11 is 0. The third kappa shape index (κ3) is 4.24. The molecule has 1 saturated heterocycles. The fourth-order valence-electron chi connectivity index (χ4n) is 1.31. The average Bonchev–Trinajstić information content (AvgIpc) is 2.60. The molecule has 1 rings (SSSR count). The van der Waals surface area contributed by atoms with Crippen LogP contribution in [-0.4, -0.2) is 42.3 Å². The number of amides is 1. The Morgan fingerprint density at radius 3 is 2.80 bits per heavy atom. The van der Waals surface area contributed by atoms with Crippen molar-refractivity contribution in [2.24, 2.45) is 5.73 Å². The lowest BCUT2D eigenvalue weighted by molar-refractivity contribution is -0.149. The van der Waals surface area contributed by atoms with Crippen molar-refractivity contribution in [3.05, 3.63) is 0 Å². The predicted molar refractivity (Wildman–Crippen MR) is 48.7 cm³/mol. The molecule has 0 aromatic heterocycles. The van der Waals surface area contributed by atoms with Gasteiger partial charge in [-0.05, 0) is 12.8 Å². The van der Waals surface area contributed by atoms with Gasteiger partial charge in [0.1, 0.15) is 6.61 Å². The van der Waals surface area contributed by atoms with Crippen molar-refractivity contribution in [2.75, 3.05) is 13.2 Å². The van der Waals surface area contributed by atoms with Gasteiger partial charge < -0.3 is 15.6 Å². The SMILES string of the molecule is NC(=O)CONCC1CCC(C(=O)O)O1. The molecule has 4 N–H and O–H groups in total. The number of rotatable bonds is 6. The predicted octanol–water partition coefficient (Wildman–Crippen LogP) is -1.37. The summed E-state index contributed by atoms with van der Waals surface area (Å²) in [6.07, 6.45) is 0.230. The number of carbonyl (C=O) groups excluding carboxylic acids is 1. The average molecular weight is 218 g/mol. The first-order chi connectivity index (χ1) is 7.09. The smallest absolute Gasteiger partial charge is 0.332 e. The third-order valence-electron chi connectivity index (χ3n) is 2.01. The summed E-state index contributed by atoms with van der Waals surface area (Å²) in [5.74, 6) is -1.52. The highest BCUT2D eigenvalue weighted by Crippen LogP contribution is 2.18. The normalized spacial score (nSPS) is 25.3. The van der Waals surface area contributed by atoms with Crippen LogP contribution in [0.15, 0.2) is 0 Å². The maximum Gasteiger partial charge on any atom is 0.332 e. The van der Waals surface area contributed by atoms with Gasteiger partial charge in [0.15, 0.2) is 6.10 Å². The molecule has 1 amide bonds. The minimum Gasteiger partial charge on any atom is -0.479 e. The van der Waals surface area contributed by atoms with E-state index in [0.29, 0.717) is 19.4 Å². The van der Waals surface area contributed by atoms with Crippen molar-refractivity contribution in [3.8, 4) is 0 Å². The maximum absolute atomic E-state index is 10.5. The highest BCUT2D eigenvalue weighted by molar-refractivity contribution is 5.74. The van der Waals surface area contributed by atoms with Gasteiger partial charge in [0.05, 0.1) is 6.10 Å². The molecule has 1 heterocycles. The molecule has 2 atom stereocenters. The van der Waals surface area contributed by atoms with E-state index in [1.54, 1.807) is 0 Å². The number of hydrogen-bond donors (Lipinski definition) is 3. The molecule has 15 heavy (non-hydrogen) atoms. The second kappa shape index (κ2) is 5.64. The van der Waals surface area contributed by atoms with Crippen LogP contribution in [0.4, 0.5) is 0 Å². The minimum atomic E-state index is -0.949. The van der Waals surface area contributed by atoms with E-state index < -0.39 is 18.0 Å². The van der Waals surface area contributed by atoms with Gasteiger partial charge in [0.25, 0.3) is 0 Å². The molecular formula is C8H14N2O5. The molecule has 0 bridgehead atoms. The van der Waals surface area contributed by atoms with Gasteiger partial charge in [-0.2, -0.15) is 5.48 Å². The fraction of sp³-hybridized carbons (Fsp3) is 0.750. The summed E-state index contributed by atoms with van der Waals surface area (Å²) in [4.78, 5) is 25.5. The maximum atomic E-state index is 10.5. The van der Waals surface area contributed by atoms with Crippen LogP contribution < -0.4 is 11.2 Å². The Balaban J connectivity index is 2.09. The Bertz CT molecular complexity index is 245. The van der Waals surface area contributed by atoms with Gasteiger partial charge in [-0.1, -0.05) is 0 Å². The van der Waals surface area contributed by atoms with E-state index >= 15 is 0 Å². The van der Waals surface area contributed by atoms with Gasteiger partial charge in [0.2, 0.25) is 5.91 Å². The number of nitrogens with one attached hydrogen (secondary N) is 1. The lowest BCUT2D eigenvalue weighted by Crippen LogP contribution is -2.31. The summed E-state index contributed by atoms with van der Waals surface area (Å²) in [5, 5.41) is 8.64. The minimum absolute atomic E-state index is 0.195. The number of hydrogen-bond acceptors (Lipinski definition) is 5. The summed E-state index contributed by atoms with van der Waals surface area (Å²) in [6, 6.07) is 0. The van der Waals surface area contributed by atoms with Crippen LogP contribution in [-0.2, 0) is 19.2 Å². The van der Waals surface area contributed by atoms with Gasteiger partial charge in [-0.3, -0.25) is 9.63 Å². The number of ether oxygens (including phenoxy) is 1. The van der Waals surface area contributed by atoms with Crippen LogP contribution >= 0.6 is 0 Å². The molecule has 7 heteroatoms. The summed E-state index contributed by atoms with van der Waals surface area (Å²) in [7, 11) is 0. The van der Waals surface area contributed by atoms with Gasteiger partial charge in [-0.25, -0.2) is 4.79 Å². The summed E-state index contributed by atoms with van der Waals surface area (Å²) in [5.41, 5.74) is 7.33. The zero-order valence-corrected chi connectivity index (χ0v) is 8.14. The largest absolute Gasteiger partial charge is 0.479 e. The summed E-state index contributed by atoms with van der Waals surface area (Å²) < 4.78 is 5.17. The van der Waals surface area contributed by atoms with Crippen molar-refractivity contribution in [3.63, 3.8) is 0 Å². The Kier molecular flexibility index (Phi) is 4.47. The molecule has 0 aromatic carbocycles. The molecule has 7 nitrogen and oxygen atoms in total. The van der Waals surface area contributed by atoms with E-state index in [0.717, 1.165) is 0 Å². The molecule has 0 saturated carbocycles. The molecule has 1 fully saturated rings. The van der Waals surface area contributed by atoms with E-state index in [4.69, 9.17) is 20.4 Å². The van der Waals surface area contributed by atoms with Crippen LogP contribution in [0.5, 0.6) is 0 Å². The van der Waals surface area contributed by atoms with Gasteiger partial charge >= 0.3 is 5.97 Å².